The largest absolute Gasteiger partial charge is 0.463 e. The summed E-state index contributed by atoms with van der Waals surface area (Å²) < 4.78 is 4.96. The average Bonchev–Trinajstić information content (AvgIpc) is 2.57. The molecule has 0 saturated heterocycles. The van der Waals surface area contributed by atoms with Crippen molar-refractivity contribution in [1.82, 2.24) is 0 Å². The van der Waals surface area contributed by atoms with Gasteiger partial charge in [0.2, 0.25) is 0 Å². The third kappa shape index (κ3) is 4.42. The molecule has 0 aromatic heterocycles. The summed E-state index contributed by atoms with van der Waals surface area (Å²) in [5.74, 6) is -0.480. The van der Waals surface area contributed by atoms with Crippen LogP contribution in [0.5, 0.6) is 0 Å². The summed E-state index contributed by atoms with van der Waals surface area (Å²) in [5, 5.41) is 14.1. The SMILES string of the molecule is CCOC(=O)/C=C(/Nc1cc([N+](=O)[O-])ccc1C)c1ccccc1. The topological polar surface area (TPSA) is 81.5 Å². The number of rotatable bonds is 6. The maximum absolute atomic E-state index is 11.8. The summed E-state index contributed by atoms with van der Waals surface area (Å²) in [4.78, 5) is 22.3. The Morgan fingerprint density at radius 2 is 1.96 bits per heavy atom. The maximum Gasteiger partial charge on any atom is 0.332 e. The van der Waals surface area contributed by atoms with Crippen molar-refractivity contribution in [2.75, 3.05) is 11.9 Å². The number of ether oxygens (including phenoxy) is 1. The lowest BCUT2D eigenvalue weighted by Crippen LogP contribution is -2.07. The van der Waals surface area contributed by atoms with Crippen LogP contribution in [0.1, 0.15) is 18.1 Å². The molecular weight excluding hydrogens is 308 g/mol. The van der Waals surface area contributed by atoms with E-state index in [4.69, 9.17) is 4.74 Å². The predicted molar refractivity (Wildman–Crippen MR) is 92.5 cm³/mol. The third-order valence-corrected chi connectivity index (χ3v) is 3.33. The van der Waals surface area contributed by atoms with Crippen LogP contribution in [0.2, 0.25) is 0 Å². The second-order valence-electron chi connectivity index (χ2n) is 5.06. The van der Waals surface area contributed by atoms with Gasteiger partial charge in [-0.15, -0.1) is 0 Å². The van der Waals surface area contributed by atoms with Gasteiger partial charge in [0.25, 0.3) is 5.69 Å². The van der Waals surface area contributed by atoms with Crippen LogP contribution < -0.4 is 5.32 Å². The van der Waals surface area contributed by atoms with E-state index >= 15 is 0 Å². The zero-order chi connectivity index (χ0) is 17.5. The fourth-order valence-electron chi connectivity index (χ4n) is 2.11. The number of hydrogen-bond donors (Lipinski definition) is 1. The molecule has 124 valence electrons. The molecule has 0 heterocycles. The Morgan fingerprint density at radius 1 is 1.25 bits per heavy atom. The van der Waals surface area contributed by atoms with Crippen LogP contribution in [0.4, 0.5) is 11.4 Å². The van der Waals surface area contributed by atoms with Gasteiger partial charge in [0.05, 0.1) is 17.2 Å². The third-order valence-electron chi connectivity index (χ3n) is 3.33. The molecule has 2 aromatic carbocycles. The van der Waals surface area contributed by atoms with E-state index in [0.717, 1.165) is 11.1 Å². The molecule has 0 spiro atoms. The zero-order valence-electron chi connectivity index (χ0n) is 13.5. The summed E-state index contributed by atoms with van der Waals surface area (Å²) >= 11 is 0. The lowest BCUT2D eigenvalue weighted by Gasteiger charge is -2.13. The number of nitro groups is 1. The molecule has 0 aliphatic rings. The number of anilines is 1. The first-order valence-corrected chi connectivity index (χ1v) is 7.47. The highest BCUT2D eigenvalue weighted by atomic mass is 16.6. The summed E-state index contributed by atoms with van der Waals surface area (Å²) in [6.45, 7) is 3.83. The molecular formula is C18H18N2O4. The molecule has 6 nitrogen and oxygen atoms in total. The molecule has 0 bridgehead atoms. The standard InChI is InChI=1S/C18H18N2O4/c1-3-24-18(21)12-17(14-7-5-4-6-8-14)19-16-11-15(20(22)23)10-9-13(16)2/h4-12,19H,3H2,1-2H3/b17-12+. The number of benzene rings is 2. The molecule has 6 heteroatoms. The van der Waals surface area contributed by atoms with E-state index in [2.05, 4.69) is 5.32 Å². The van der Waals surface area contributed by atoms with Gasteiger partial charge in [-0.05, 0) is 25.0 Å². The van der Waals surface area contributed by atoms with Crippen LogP contribution >= 0.6 is 0 Å². The number of nitrogens with one attached hydrogen (secondary N) is 1. The number of carbonyl (C=O) groups excluding carboxylic acids is 1. The number of esters is 1. The van der Waals surface area contributed by atoms with Gasteiger partial charge >= 0.3 is 5.97 Å². The fourth-order valence-corrected chi connectivity index (χ4v) is 2.11. The molecule has 0 atom stereocenters. The van der Waals surface area contributed by atoms with E-state index in [1.165, 1.54) is 18.2 Å². The highest BCUT2D eigenvalue weighted by Gasteiger charge is 2.12. The Balaban J connectivity index is 2.41. The van der Waals surface area contributed by atoms with Gasteiger partial charge in [-0.3, -0.25) is 10.1 Å². The number of non-ortho nitro benzene ring substituents is 1. The quantitative estimate of drug-likeness (QED) is 0.376. The maximum atomic E-state index is 11.8. The van der Waals surface area contributed by atoms with E-state index in [1.807, 2.05) is 37.3 Å². The monoisotopic (exact) mass is 326 g/mol. The second-order valence-corrected chi connectivity index (χ2v) is 5.06. The van der Waals surface area contributed by atoms with Crippen molar-refractivity contribution in [2.45, 2.75) is 13.8 Å². The number of nitro benzene ring substituents is 1. The minimum absolute atomic E-state index is 0.0216. The molecule has 1 N–H and O–H groups in total. The van der Waals surface area contributed by atoms with Crippen molar-refractivity contribution in [3.63, 3.8) is 0 Å². The Hall–Kier alpha value is -3.15. The zero-order valence-corrected chi connectivity index (χ0v) is 13.5. The molecule has 0 fully saturated rings. The smallest absolute Gasteiger partial charge is 0.332 e. The van der Waals surface area contributed by atoms with Gasteiger partial charge in [-0.25, -0.2) is 4.79 Å². The first-order valence-electron chi connectivity index (χ1n) is 7.47. The molecule has 2 aromatic rings. The van der Waals surface area contributed by atoms with Gasteiger partial charge in [0, 0.05) is 23.9 Å². The Labute approximate surface area is 139 Å². The van der Waals surface area contributed by atoms with Gasteiger partial charge in [0.15, 0.2) is 0 Å². The van der Waals surface area contributed by atoms with Crippen molar-refractivity contribution in [3.05, 3.63) is 75.8 Å². The molecule has 0 aliphatic carbocycles. The van der Waals surface area contributed by atoms with E-state index in [0.29, 0.717) is 11.4 Å². The van der Waals surface area contributed by atoms with Crippen molar-refractivity contribution in [3.8, 4) is 0 Å². The Kier molecular flexibility index (Phi) is 5.68. The van der Waals surface area contributed by atoms with Crippen molar-refractivity contribution >= 4 is 23.0 Å². The second kappa shape index (κ2) is 7.92. The predicted octanol–water partition coefficient (Wildman–Crippen LogP) is 3.92. The molecule has 0 aliphatic heterocycles. The van der Waals surface area contributed by atoms with Crippen molar-refractivity contribution in [2.24, 2.45) is 0 Å². The molecule has 0 unspecified atom stereocenters. The molecule has 0 saturated carbocycles. The summed E-state index contributed by atoms with van der Waals surface area (Å²) in [7, 11) is 0. The minimum Gasteiger partial charge on any atom is -0.463 e. The summed E-state index contributed by atoms with van der Waals surface area (Å²) in [6, 6.07) is 13.8. The molecule has 24 heavy (non-hydrogen) atoms. The fraction of sp³-hybridized carbons (Fsp3) is 0.167. The first-order chi connectivity index (χ1) is 11.5. The number of carbonyl (C=O) groups is 1. The van der Waals surface area contributed by atoms with Crippen LogP contribution in [-0.2, 0) is 9.53 Å². The first kappa shape index (κ1) is 17.2. The van der Waals surface area contributed by atoms with Gasteiger partial charge < -0.3 is 10.1 Å². The lowest BCUT2D eigenvalue weighted by atomic mass is 10.1. The number of hydrogen-bond acceptors (Lipinski definition) is 5. The van der Waals surface area contributed by atoms with Crippen LogP contribution in [0.3, 0.4) is 0 Å². The molecule has 2 rings (SSSR count). The normalized spacial score (nSPS) is 11.0. The highest BCUT2D eigenvalue weighted by Crippen LogP contribution is 2.26. The van der Waals surface area contributed by atoms with E-state index < -0.39 is 10.9 Å². The van der Waals surface area contributed by atoms with Crippen LogP contribution in [0.15, 0.2) is 54.6 Å². The number of aryl methyl sites for hydroxylation is 1. The average molecular weight is 326 g/mol. The van der Waals surface area contributed by atoms with E-state index in [9.17, 15) is 14.9 Å². The molecule has 0 amide bonds. The van der Waals surface area contributed by atoms with Crippen LogP contribution in [0.25, 0.3) is 5.70 Å². The molecule has 0 radical (unpaired) electrons. The van der Waals surface area contributed by atoms with Crippen molar-refractivity contribution < 1.29 is 14.5 Å². The number of nitrogens with zero attached hydrogens (tertiary/aromatic N) is 1. The summed E-state index contributed by atoms with van der Waals surface area (Å²) in [6.07, 6.45) is 1.34. The van der Waals surface area contributed by atoms with E-state index in [-0.39, 0.29) is 12.3 Å². The lowest BCUT2D eigenvalue weighted by molar-refractivity contribution is -0.384. The summed E-state index contributed by atoms with van der Waals surface area (Å²) in [5.41, 5.74) is 2.65. The Morgan fingerprint density at radius 3 is 2.58 bits per heavy atom. The Bertz CT molecular complexity index is 770. The van der Waals surface area contributed by atoms with Crippen molar-refractivity contribution in [1.29, 1.82) is 0 Å². The highest BCUT2D eigenvalue weighted by molar-refractivity contribution is 5.94. The van der Waals surface area contributed by atoms with E-state index in [1.54, 1.807) is 13.0 Å². The minimum atomic E-state index is -0.480. The van der Waals surface area contributed by atoms with Gasteiger partial charge in [-0.1, -0.05) is 36.4 Å². The van der Waals surface area contributed by atoms with Crippen LogP contribution in [-0.4, -0.2) is 17.5 Å². The van der Waals surface area contributed by atoms with Gasteiger partial charge in [-0.2, -0.15) is 0 Å². The van der Waals surface area contributed by atoms with Gasteiger partial charge in [0.1, 0.15) is 0 Å². The van der Waals surface area contributed by atoms with Crippen LogP contribution in [0, 0.1) is 17.0 Å².